The van der Waals surface area contributed by atoms with Gasteiger partial charge in [-0.2, -0.15) is 4.98 Å². The van der Waals surface area contributed by atoms with E-state index in [1.165, 1.54) is 0 Å². The van der Waals surface area contributed by atoms with Crippen molar-refractivity contribution in [3.63, 3.8) is 0 Å². The molecule has 2 aliphatic heterocycles. The van der Waals surface area contributed by atoms with E-state index in [4.69, 9.17) is 14.5 Å². The van der Waals surface area contributed by atoms with Crippen molar-refractivity contribution in [3.05, 3.63) is 54.2 Å². The van der Waals surface area contributed by atoms with Crippen LogP contribution >= 0.6 is 0 Å². The Morgan fingerprint density at radius 2 is 2.12 bits per heavy atom. The highest BCUT2D eigenvalue weighted by atomic mass is 16.7. The number of amides is 1. The summed E-state index contributed by atoms with van der Waals surface area (Å²) in [5, 5.41) is 3.04. The molecule has 1 amide bonds. The lowest BCUT2D eigenvalue weighted by atomic mass is 10.1. The lowest BCUT2D eigenvalue weighted by Gasteiger charge is -2.26. The topological polar surface area (TPSA) is 94.4 Å². The molecule has 0 bridgehead atoms. The van der Waals surface area contributed by atoms with Crippen LogP contribution < -0.4 is 19.7 Å². The summed E-state index contributed by atoms with van der Waals surface area (Å²) in [5.74, 6) is 2.97. The number of imidazole rings is 1. The van der Waals surface area contributed by atoms with Gasteiger partial charge in [0.15, 0.2) is 11.5 Å². The molecule has 0 aliphatic carbocycles. The summed E-state index contributed by atoms with van der Waals surface area (Å²) in [5.41, 5.74) is 1.95. The van der Waals surface area contributed by atoms with Gasteiger partial charge in [-0.25, -0.2) is 9.97 Å². The summed E-state index contributed by atoms with van der Waals surface area (Å²) >= 11 is 0. The van der Waals surface area contributed by atoms with Crippen LogP contribution in [-0.2, 0) is 17.8 Å². The summed E-state index contributed by atoms with van der Waals surface area (Å²) in [6.45, 7) is 3.66. The number of nitrogens with zero attached hydrogens (tertiary/aromatic N) is 5. The Balaban J connectivity index is 1.25. The zero-order valence-corrected chi connectivity index (χ0v) is 18.0. The quantitative estimate of drug-likeness (QED) is 0.611. The van der Waals surface area contributed by atoms with Gasteiger partial charge in [0.2, 0.25) is 18.6 Å². The number of carbonyl (C=O) groups is 1. The number of ether oxygens (including phenoxy) is 2. The maximum Gasteiger partial charge on any atom is 0.237 e. The normalized spacial score (nSPS) is 17.0. The minimum absolute atomic E-state index is 0.0270. The zero-order valence-electron chi connectivity index (χ0n) is 18.0. The van der Waals surface area contributed by atoms with Crippen molar-refractivity contribution in [3.8, 4) is 17.4 Å². The van der Waals surface area contributed by atoms with Gasteiger partial charge in [0.05, 0.1) is 0 Å². The predicted molar refractivity (Wildman–Crippen MR) is 118 cm³/mol. The molecule has 0 saturated carbocycles. The first kappa shape index (κ1) is 20.3. The lowest BCUT2D eigenvalue weighted by Crippen LogP contribution is -2.36. The van der Waals surface area contributed by atoms with Gasteiger partial charge in [-0.1, -0.05) is 13.0 Å². The molecule has 2 aromatic heterocycles. The first-order chi connectivity index (χ1) is 15.7. The summed E-state index contributed by atoms with van der Waals surface area (Å²) in [7, 11) is 0. The largest absolute Gasteiger partial charge is 0.454 e. The molecule has 1 atom stereocenters. The Kier molecular flexibility index (Phi) is 5.62. The van der Waals surface area contributed by atoms with Gasteiger partial charge < -0.3 is 19.7 Å². The van der Waals surface area contributed by atoms with Gasteiger partial charge in [-0.05, 0) is 37.0 Å². The first-order valence-corrected chi connectivity index (χ1v) is 11.0. The van der Waals surface area contributed by atoms with Crippen LogP contribution in [0.5, 0.6) is 11.5 Å². The van der Waals surface area contributed by atoms with E-state index in [-0.39, 0.29) is 18.7 Å². The van der Waals surface area contributed by atoms with E-state index in [1.807, 2.05) is 35.0 Å². The van der Waals surface area contributed by atoms with Crippen molar-refractivity contribution in [2.24, 2.45) is 0 Å². The molecule has 4 heterocycles. The van der Waals surface area contributed by atoms with E-state index >= 15 is 0 Å². The number of aromatic nitrogens is 4. The molecule has 9 heteroatoms. The highest BCUT2D eigenvalue weighted by Crippen LogP contribution is 2.32. The third kappa shape index (κ3) is 4.23. The second-order valence-electron chi connectivity index (χ2n) is 8.00. The summed E-state index contributed by atoms with van der Waals surface area (Å²) in [6.07, 6.45) is 8.48. The van der Waals surface area contributed by atoms with E-state index in [0.717, 1.165) is 54.4 Å². The number of carbonyl (C=O) groups excluding carboxylic acids is 1. The second-order valence-corrected chi connectivity index (χ2v) is 8.00. The Morgan fingerprint density at radius 1 is 1.22 bits per heavy atom. The van der Waals surface area contributed by atoms with E-state index in [2.05, 4.69) is 27.1 Å². The molecule has 1 saturated heterocycles. The van der Waals surface area contributed by atoms with E-state index in [9.17, 15) is 4.79 Å². The van der Waals surface area contributed by atoms with Gasteiger partial charge in [0, 0.05) is 49.7 Å². The molecule has 32 heavy (non-hydrogen) atoms. The molecule has 1 fully saturated rings. The van der Waals surface area contributed by atoms with Crippen LogP contribution in [0.15, 0.2) is 43.0 Å². The monoisotopic (exact) mass is 434 g/mol. The third-order valence-corrected chi connectivity index (χ3v) is 5.87. The van der Waals surface area contributed by atoms with Gasteiger partial charge in [-0.15, -0.1) is 0 Å². The smallest absolute Gasteiger partial charge is 0.237 e. The molecular weight excluding hydrogens is 408 g/mol. The van der Waals surface area contributed by atoms with Crippen LogP contribution in [0, 0.1) is 0 Å². The average molecular weight is 435 g/mol. The van der Waals surface area contributed by atoms with Crippen LogP contribution in [0.1, 0.15) is 37.4 Å². The second kappa shape index (κ2) is 8.86. The third-order valence-electron chi connectivity index (χ3n) is 5.87. The van der Waals surface area contributed by atoms with Crippen LogP contribution in [-0.4, -0.2) is 44.8 Å². The molecule has 166 valence electrons. The van der Waals surface area contributed by atoms with Gasteiger partial charge >= 0.3 is 0 Å². The van der Waals surface area contributed by atoms with Gasteiger partial charge in [0.25, 0.3) is 0 Å². The molecular formula is C23H26N6O3. The van der Waals surface area contributed by atoms with Gasteiger partial charge in [-0.3, -0.25) is 9.36 Å². The van der Waals surface area contributed by atoms with Crippen molar-refractivity contribution in [1.82, 2.24) is 24.8 Å². The standard InChI is InChI=1S/C23H26N6O3/c1-2-17-11-21(27-23(26-17)28-9-7-24-14-28)29-8-3-4-18(29)12-22(30)25-13-16-5-6-19-20(10-16)32-15-31-19/h5-7,9-11,14,18H,2-4,8,12-13,15H2,1H3,(H,25,30). The number of aryl methyl sites for hydroxylation is 1. The Bertz CT molecular complexity index is 1100. The van der Waals surface area contributed by atoms with Crippen LogP contribution in [0.4, 0.5) is 5.82 Å². The average Bonchev–Trinajstić information content (AvgIpc) is 3.59. The minimum Gasteiger partial charge on any atom is -0.454 e. The minimum atomic E-state index is 0.0270. The van der Waals surface area contributed by atoms with Crippen LogP contribution in [0.2, 0.25) is 0 Å². The number of fused-ring (bicyclic) bond motifs is 1. The Labute approximate surface area is 186 Å². The molecule has 5 rings (SSSR count). The van der Waals surface area contributed by atoms with E-state index in [0.29, 0.717) is 18.9 Å². The summed E-state index contributed by atoms with van der Waals surface area (Å²) in [6, 6.07) is 7.88. The number of nitrogens with one attached hydrogen (secondary N) is 1. The predicted octanol–water partition coefficient (Wildman–Crippen LogP) is 2.63. The number of hydrogen-bond acceptors (Lipinski definition) is 7. The SMILES string of the molecule is CCc1cc(N2CCCC2CC(=O)NCc2ccc3c(c2)OCO3)nc(-n2ccnc2)n1. The van der Waals surface area contributed by atoms with Crippen molar-refractivity contribution < 1.29 is 14.3 Å². The highest BCUT2D eigenvalue weighted by Gasteiger charge is 2.28. The number of benzene rings is 1. The molecule has 1 unspecified atom stereocenters. The first-order valence-electron chi connectivity index (χ1n) is 11.0. The van der Waals surface area contributed by atoms with Crippen molar-refractivity contribution in [2.45, 2.75) is 45.2 Å². The summed E-state index contributed by atoms with van der Waals surface area (Å²) < 4.78 is 12.6. The fourth-order valence-corrected chi connectivity index (χ4v) is 4.18. The van der Waals surface area contributed by atoms with Crippen molar-refractivity contribution in [1.29, 1.82) is 0 Å². The maximum atomic E-state index is 12.7. The molecule has 3 aromatic rings. The highest BCUT2D eigenvalue weighted by molar-refractivity contribution is 5.77. The lowest BCUT2D eigenvalue weighted by molar-refractivity contribution is -0.121. The van der Waals surface area contributed by atoms with E-state index < -0.39 is 0 Å². The fraction of sp³-hybridized carbons (Fsp3) is 0.391. The molecule has 0 radical (unpaired) electrons. The van der Waals surface area contributed by atoms with Crippen LogP contribution in [0.25, 0.3) is 5.95 Å². The fourth-order valence-electron chi connectivity index (χ4n) is 4.18. The number of rotatable bonds is 7. The number of hydrogen-bond donors (Lipinski definition) is 1. The number of anilines is 1. The summed E-state index contributed by atoms with van der Waals surface area (Å²) in [4.78, 5) is 28.5. The van der Waals surface area contributed by atoms with Crippen LogP contribution in [0.3, 0.4) is 0 Å². The van der Waals surface area contributed by atoms with Crippen molar-refractivity contribution >= 4 is 11.7 Å². The Hall–Kier alpha value is -3.62. The Morgan fingerprint density at radius 3 is 2.97 bits per heavy atom. The maximum absolute atomic E-state index is 12.7. The van der Waals surface area contributed by atoms with Gasteiger partial charge in [0.1, 0.15) is 12.1 Å². The molecule has 1 aromatic carbocycles. The zero-order chi connectivity index (χ0) is 21.9. The molecule has 2 aliphatic rings. The molecule has 9 nitrogen and oxygen atoms in total. The molecule has 0 spiro atoms. The molecule has 1 N–H and O–H groups in total. The van der Waals surface area contributed by atoms with Crippen molar-refractivity contribution in [2.75, 3.05) is 18.2 Å². The van der Waals surface area contributed by atoms with E-state index in [1.54, 1.807) is 12.5 Å².